The molecule has 0 radical (unpaired) electrons. The predicted molar refractivity (Wildman–Crippen MR) is 134 cm³/mol. The summed E-state index contributed by atoms with van der Waals surface area (Å²) in [6, 6.07) is 11.7. The zero-order valence-electron chi connectivity index (χ0n) is 18.4. The van der Waals surface area contributed by atoms with Crippen LogP contribution in [0.2, 0.25) is 0 Å². The number of benzene rings is 1. The summed E-state index contributed by atoms with van der Waals surface area (Å²) in [5, 5.41) is 12.8. The number of nitrogens with two attached hydrogens (primary N) is 1. The Morgan fingerprint density at radius 1 is 1.15 bits per heavy atom. The van der Waals surface area contributed by atoms with Crippen LogP contribution in [-0.4, -0.2) is 37.3 Å². The van der Waals surface area contributed by atoms with Crippen molar-refractivity contribution < 1.29 is 9.59 Å². The lowest BCUT2D eigenvalue weighted by atomic mass is 10.1. The fraction of sp³-hybridized carbons (Fsp3) is 0.208. The monoisotopic (exact) mass is 490 g/mol. The SMILES string of the molecule is Cc1ccccc1-n1c(SCC(=O)Nc2sc3c(c2C(N)=O)CCC3)nnc1-c1ccncc1. The number of hydrogen-bond donors (Lipinski definition) is 2. The molecular weight excluding hydrogens is 468 g/mol. The summed E-state index contributed by atoms with van der Waals surface area (Å²) in [4.78, 5) is 30.1. The van der Waals surface area contributed by atoms with E-state index in [1.807, 2.05) is 47.9 Å². The Bertz CT molecular complexity index is 1380. The molecule has 0 bridgehead atoms. The van der Waals surface area contributed by atoms with Gasteiger partial charge in [0.15, 0.2) is 11.0 Å². The van der Waals surface area contributed by atoms with Crippen molar-refractivity contribution in [2.24, 2.45) is 5.73 Å². The van der Waals surface area contributed by atoms with Gasteiger partial charge < -0.3 is 11.1 Å². The topological polar surface area (TPSA) is 116 Å². The number of aromatic nitrogens is 4. The van der Waals surface area contributed by atoms with Gasteiger partial charge in [-0.25, -0.2) is 0 Å². The van der Waals surface area contributed by atoms with E-state index in [1.165, 1.54) is 23.1 Å². The van der Waals surface area contributed by atoms with Gasteiger partial charge in [-0.1, -0.05) is 30.0 Å². The number of nitrogens with one attached hydrogen (secondary N) is 1. The first-order valence-corrected chi connectivity index (χ1v) is 12.6. The maximum atomic E-state index is 12.8. The van der Waals surface area contributed by atoms with Gasteiger partial charge in [0.25, 0.3) is 5.91 Å². The molecule has 0 atom stereocenters. The van der Waals surface area contributed by atoms with Gasteiger partial charge in [0.1, 0.15) is 5.00 Å². The Morgan fingerprint density at radius 3 is 2.71 bits per heavy atom. The molecule has 0 saturated carbocycles. The highest BCUT2D eigenvalue weighted by Gasteiger charge is 2.26. The molecule has 172 valence electrons. The molecule has 0 aliphatic heterocycles. The van der Waals surface area contributed by atoms with Crippen LogP contribution in [0.5, 0.6) is 0 Å². The molecule has 8 nitrogen and oxygen atoms in total. The molecule has 10 heteroatoms. The van der Waals surface area contributed by atoms with E-state index < -0.39 is 5.91 Å². The highest BCUT2D eigenvalue weighted by atomic mass is 32.2. The summed E-state index contributed by atoms with van der Waals surface area (Å²) < 4.78 is 1.96. The average Bonchev–Trinajstić information content (AvgIpc) is 3.53. The lowest BCUT2D eigenvalue weighted by Gasteiger charge is -2.13. The number of amides is 2. The van der Waals surface area contributed by atoms with E-state index in [1.54, 1.807) is 12.4 Å². The average molecular weight is 491 g/mol. The van der Waals surface area contributed by atoms with Gasteiger partial charge >= 0.3 is 0 Å². The van der Waals surface area contributed by atoms with Crippen molar-refractivity contribution >= 4 is 39.9 Å². The number of pyridine rings is 1. The quantitative estimate of drug-likeness (QED) is 0.378. The number of anilines is 1. The van der Waals surface area contributed by atoms with Crippen molar-refractivity contribution in [3.8, 4) is 17.1 Å². The maximum absolute atomic E-state index is 12.8. The smallest absolute Gasteiger partial charge is 0.251 e. The van der Waals surface area contributed by atoms with E-state index >= 15 is 0 Å². The standard InChI is InChI=1S/C24H22N6O2S2/c1-14-5-2-3-7-17(14)30-22(15-9-11-26-12-10-15)28-29-24(30)33-13-19(31)27-23-20(21(25)32)16-6-4-8-18(16)34-23/h2-3,5,7,9-12H,4,6,8,13H2,1H3,(H2,25,32)(H,27,31). The van der Waals surface area contributed by atoms with E-state index in [0.717, 1.165) is 46.5 Å². The molecule has 3 aromatic heterocycles. The van der Waals surface area contributed by atoms with Crippen molar-refractivity contribution in [2.45, 2.75) is 31.3 Å². The van der Waals surface area contributed by atoms with Crippen molar-refractivity contribution in [1.82, 2.24) is 19.7 Å². The summed E-state index contributed by atoms with van der Waals surface area (Å²) in [6.07, 6.45) is 6.18. The molecular formula is C24H22N6O2S2. The lowest BCUT2D eigenvalue weighted by molar-refractivity contribution is -0.113. The highest BCUT2D eigenvalue weighted by Crippen LogP contribution is 2.39. The third-order valence-electron chi connectivity index (χ3n) is 5.68. The molecule has 1 aromatic carbocycles. The molecule has 3 N–H and O–H groups in total. The van der Waals surface area contributed by atoms with E-state index in [4.69, 9.17) is 5.73 Å². The van der Waals surface area contributed by atoms with Crippen molar-refractivity contribution in [1.29, 1.82) is 0 Å². The van der Waals surface area contributed by atoms with Crippen LogP contribution in [0.15, 0.2) is 53.9 Å². The number of nitrogens with zero attached hydrogens (tertiary/aromatic N) is 4. The number of fused-ring (bicyclic) bond motifs is 1. The summed E-state index contributed by atoms with van der Waals surface area (Å²) in [7, 11) is 0. The van der Waals surface area contributed by atoms with E-state index in [2.05, 4.69) is 20.5 Å². The second kappa shape index (κ2) is 9.40. The minimum Gasteiger partial charge on any atom is -0.365 e. The molecule has 0 fully saturated rings. The van der Waals surface area contributed by atoms with Gasteiger partial charge in [-0.15, -0.1) is 21.5 Å². The molecule has 0 saturated heterocycles. The minimum atomic E-state index is -0.497. The van der Waals surface area contributed by atoms with Gasteiger partial charge in [-0.2, -0.15) is 0 Å². The second-order valence-electron chi connectivity index (χ2n) is 7.93. The van der Waals surface area contributed by atoms with Gasteiger partial charge in [0.2, 0.25) is 5.91 Å². The Hall–Kier alpha value is -3.50. The molecule has 1 aliphatic carbocycles. The number of rotatable bonds is 7. The minimum absolute atomic E-state index is 0.112. The van der Waals surface area contributed by atoms with Crippen molar-refractivity contribution in [3.63, 3.8) is 0 Å². The molecule has 0 spiro atoms. The van der Waals surface area contributed by atoms with Gasteiger partial charge in [-0.3, -0.25) is 19.1 Å². The van der Waals surface area contributed by atoms with Crippen LogP contribution in [0.4, 0.5) is 5.00 Å². The number of carbonyl (C=O) groups is 2. The maximum Gasteiger partial charge on any atom is 0.251 e. The highest BCUT2D eigenvalue weighted by molar-refractivity contribution is 7.99. The summed E-state index contributed by atoms with van der Waals surface area (Å²) in [5.41, 5.74) is 9.93. The van der Waals surface area contributed by atoms with Crippen LogP contribution in [0.1, 0.15) is 32.8 Å². The molecule has 4 aromatic rings. The number of thiophene rings is 1. The molecule has 3 heterocycles. The fourth-order valence-corrected chi connectivity index (χ4v) is 6.18. The zero-order chi connectivity index (χ0) is 23.7. The van der Waals surface area contributed by atoms with Crippen molar-refractivity contribution in [2.75, 3.05) is 11.1 Å². The first-order chi connectivity index (χ1) is 16.5. The molecule has 1 aliphatic rings. The number of hydrogen-bond acceptors (Lipinski definition) is 7. The van der Waals surface area contributed by atoms with E-state index in [0.29, 0.717) is 21.5 Å². The largest absolute Gasteiger partial charge is 0.365 e. The first kappa shape index (κ1) is 22.3. The Morgan fingerprint density at radius 2 is 1.94 bits per heavy atom. The third-order valence-corrected chi connectivity index (χ3v) is 7.82. The summed E-state index contributed by atoms with van der Waals surface area (Å²) in [5.74, 6) is 0.0624. The Kier molecular flexibility index (Phi) is 6.16. The van der Waals surface area contributed by atoms with Crippen LogP contribution in [0.25, 0.3) is 17.1 Å². The van der Waals surface area contributed by atoms with Crippen molar-refractivity contribution in [3.05, 3.63) is 70.4 Å². The van der Waals surface area contributed by atoms with Gasteiger partial charge in [0, 0.05) is 22.8 Å². The molecule has 5 rings (SSSR count). The van der Waals surface area contributed by atoms with Crippen LogP contribution in [0, 0.1) is 6.92 Å². The molecule has 0 unspecified atom stereocenters. The summed E-state index contributed by atoms with van der Waals surface area (Å²) >= 11 is 2.74. The third kappa shape index (κ3) is 4.22. The second-order valence-corrected chi connectivity index (χ2v) is 9.97. The number of aryl methyl sites for hydroxylation is 2. The van der Waals surface area contributed by atoms with Crippen LogP contribution in [-0.2, 0) is 17.6 Å². The number of thioether (sulfide) groups is 1. The lowest BCUT2D eigenvalue weighted by Crippen LogP contribution is -2.19. The van der Waals surface area contributed by atoms with E-state index in [-0.39, 0.29) is 11.7 Å². The number of carbonyl (C=O) groups excluding carboxylic acids is 2. The van der Waals surface area contributed by atoms with Crippen LogP contribution in [0.3, 0.4) is 0 Å². The Labute approximate surface area is 204 Å². The zero-order valence-corrected chi connectivity index (χ0v) is 20.1. The molecule has 2 amide bonds. The predicted octanol–water partition coefficient (Wildman–Crippen LogP) is 4.02. The van der Waals surface area contributed by atoms with Crippen LogP contribution >= 0.6 is 23.1 Å². The van der Waals surface area contributed by atoms with Gasteiger partial charge in [-0.05, 0) is 55.5 Å². The number of para-hydroxylation sites is 1. The van der Waals surface area contributed by atoms with Crippen LogP contribution < -0.4 is 11.1 Å². The number of primary amides is 1. The molecule has 34 heavy (non-hydrogen) atoms. The Balaban J connectivity index is 1.40. The fourth-order valence-electron chi connectivity index (χ4n) is 4.13. The summed E-state index contributed by atoms with van der Waals surface area (Å²) in [6.45, 7) is 2.02. The van der Waals surface area contributed by atoms with E-state index in [9.17, 15) is 9.59 Å². The van der Waals surface area contributed by atoms with Gasteiger partial charge in [0.05, 0.1) is 17.0 Å². The normalized spacial score (nSPS) is 12.5. The first-order valence-electron chi connectivity index (χ1n) is 10.8.